The molecular formula is C20H19NO2. The molecule has 0 fully saturated rings. The first-order valence-corrected chi connectivity index (χ1v) is 7.60. The predicted octanol–water partition coefficient (Wildman–Crippen LogP) is 4.57. The zero-order valence-electron chi connectivity index (χ0n) is 13.3. The molecule has 3 aromatic rings. The second kappa shape index (κ2) is 6.13. The van der Waals surface area contributed by atoms with Gasteiger partial charge in [-0.3, -0.25) is 0 Å². The lowest BCUT2D eigenvalue weighted by molar-refractivity contribution is -0.132. The van der Waals surface area contributed by atoms with Gasteiger partial charge in [-0.15, -0.1) is 0 Å². The molecule has 0 unspecified atom stereocenters. The molecule has 23 heavy (non-hydrogen) atoms. The number of benzene rings is 2. The number of fused-ring (bicyclic) bond motifs is 1. The minimum atomic E-state index is -0.871. The summed E-state index contributed by atoms with van der Waals surface area (Å²) in [6.45, 7) is 4.32. The van der Waals surface area contributed by atoms with Gasteiger partial charge in [-0.1, -0.05) is 36.4 Å². The van der Waals surface area contributed by atoms with E-state index in [-0.39, 0.29) is 0 Å². The number of aromatic nitrogens is 1. The maximum Gasteiger partial charge on any atom is 0.331 e. The van der Waals surface area contributed by atoms with Crippen molar-refractivity contribution in [3.05, 3.63) is 77.5 Å². The van der Waals surface area contributed by atoms with Crippen molar-refractivity contribution in [2.75, 3.05) is 0 Å². The van der Waals surface area contributed by atoms with Crippen molar-refractivity contribution >= 4 is 22.4 Å². The topological polar surface area (TPSA) is 42.2 Å². The van der Waals surface area contributed by atoms with Gasteiger partial charge < -0.3 is 9.67 Å². The molecule has 1 aromatic heterocycles. The van der Waals surface area contributed by atoms with Gasteiger partial charge in [-0.25, -0.2) is 4.79 Å². The molecule has 0 saturated heterocycles. The van der Waals surface area contributed by atoms with E-state index in [0.29, 0.717) is 5.57 Å². The molecule has 1 N–H and O–H groups in total. The Labute approximate surface area is 135 Å². The number of hydrogen-bond donors (Lipinski definition) is 1. The molecule has 0 radical (unpaired) electrons. The Morgan fingerprint density at radius 1 is 1.04 bits per heavy atom. The summed E-state index contributed by atoms with van der Waals surface area (Å²) in [5.41, 5.74) is 4.54. The van der Waals surface area contributed by atoms with Crippen molar-refractivity contribution in [3.8, 4) is 0 Å². The van der Waals surface area contributed by atoms with Crippen LogP contribution in [0.3, 0.4) is 0 Å². The van der Waals surface area contributed by atoms with Crippen molar-refractivity contribution in [2.45, 2.75) is 20.4 Å². The molecule has 0 aliphatic heterocycles. The summed E-state index contributed by atoms with van der Waals surface area (Å²) in [6, 6.07) is 18.5. The first kappa shape index (κ1) is 15.1. The van der Waals surface area contributed by atoms with E-state index in [4.69, 9.17) is 5.11 Å². The molecule has 0 amide bonds. The normalized spacial score (nSPS) is 12.3. The quantitative estimate of drug-likeness (QED) is 0.718. The first-order valence-electron chi connectivity index (χ1n) is 7.60. The number of carboxylic acid groups (broad SMARTS) is 1. The summed E-state index contributed by atoms with van der Waals surface area (Å²) in [7, 11) is 0. The number of carbonyl (C=O) groups is 1. The summed E-state index contributed by atoms with van der Waals surface area (Å²) in [5, 5.41) is 10.3. The van der Waals surface area contributed by atoms with Crippen LogP contribution in [0.2, 0.25) is 0 Å². The highest BCUT2D eigenvalue weighted by Crippen LogP contribution is 2.24. The Kier molecular flexibility index (Phi) is 4.02. The summed E-state index contributed by atoms with van der Waals surface area (Å²) in [4.78, 5) is 11.1. The van der Waals surface area contributed by atoms with Gasteiger partial charge in [0.15, 0.2) is 0 Å². The fraction of sp³-hybridized carbons (Fsp3) is 0.150. The Morgan fingerprint density at radius 3 is 2.48 bits per heavy atom. The van der Waals surface area contributed by atoms with E-state index < -0.39 is 5.97 Å². The van der Waals surface area contributed by atoms with E-state index in [1.54, 1.807) is 6.92 Å². The van der Waals surface area contributed by atoms with Gasteiger partial charge in [-0.05, 0) is 48.7 Å². The third-order valence-electron chi connectivity index (χ3n) is 4.28. The van der Waals surface area contributed by atoms with Gasteiger partial charge in [-0.2, -0.15) is 0 Å². The summed E-state index contributed by atoms with van der Waals surface area (Å²) >= 11 is 0. The average molecular weight is 305 g/mol. The van der Waals surface area contributed by atoms with Gasteiger partial charge in [0.2, 0.25) is 0 Å². The molecule has 116 valence electrons. The Hall–Kier alpha value is -2.81. The molecule has 0 spiro atoms. The molecule has 3 rings (SSSR count). The standard InChI is InChI=1S/C20H19NO2/c1-14(15(2)20(22)23)17-8-9-19-18(12-17)10-11-21(19)13-16-6-4-3-5-7-16/h3-12H,13H2,1-2H3,(H,22,23). The predicted molar refractivity (Wildman–Crippen MR) is 93.4 cm³/mol. The minimum absolute atomic E-state index is 0.382. The van der Waals surface area contributed by atoms with Crippen LogP contribution in [0.25, 0.3) is 16.5 Å². The average Bonchev–Trinajstić information content (AvgIpc) is 2.96. The lowest BCUT2D eigenvalue weighted by Gasteiger charge is -2.08. The number of carboxylic acids is 1. The van der Waals surface area contributed by atoms with Crippen LogP contribution < -0.4 is 0 Å². The molecule has 0 aliphatic rings. The molecule has 0 atom stereocenters. The van der Waals surface area contributed by atoms with Crippen molar-refractivity contribution in [2.24, 2.45) is 0 Å². The van der Waals surface area contributed by atoms with Crippen molar-refractivity contribution in [1.29, 1.82) is 0 Å². The molecule has 0 aliphatic carbocycles. The lowest BCUT2D eigenvalue weighted by Crippen LogP contribution is -1.99. The highest BCUT2D eigenvalue weighted by Gasteiger charge is 2.09. The largest absolute Gasteiger partial charge is 0.478 e. The summed E-state index contributed by atoms with van der Waals surface area (Å²) in [6.07, 6.45) is 2.07. The van der Waals surface area contributed by atoms with Gasteiger partial charge in [0.1, 0.15) is 0 Å². The van der Waals surface area contributed by atoms with Crippen LogP contribution in [0.1, 0.15) is 25.0 Å². The molecule has 3 nitrogen and oxygen atoms in total. The highest BCUT2D eigenvalue weighted by atomic mass is 16.4. The zero-order chi connectivity index (χ0) is 16.4. The monoisotopic (exact) mass is 305 g/mol. The van der Waals surface area contributed by atoms with Crippen LogP contribution in [0.5, 0.6) is 0 Å². The first-order chi connectivity index (χ1) is 11.1. The van der Waals surface area contributed by atoms with E-state index in [2.05, 4.69) is 41.1 Å². The maximum atomic E-state index is 11.1. The van der Waals surface area contributed by atoms with E-state index in [9.17, 15) is 4.79 Å². The second-order valence-corrected chi connectivity index (χ2v) is 5.76. The number of allylic oxidation sites excluding steroid dienone is 1. The third kappa shape index (κ3) is 3.04. The zero-order valence-corrected chi connectivity index (χ0v) is 13.3. The van der Waals surface area contributed by atoms with Crippen molar-refractivity contribution in [3.63, 3.8) is 0 Å². The van der Waals surface area contributed by atoms with Crippen LogP contribution in [-0.2, 0) is 11.3 Å². The van der Waals surface area contributed by atoms with Gasteiger partial charge in [0.25, 0.3) is 0 Å². The highest BCUT2D eigenvalue weighted by molar-refractivity contribution is 5.96. The van der Waals surface area contributed by atoms with Crippen LogP contribution in [-0.4, -0.2) is 15.6 Å². The van der Waals surface area contributed by atoms with Crippen LogP contribution >= 0.6 is 0 Å². The summed E-state index contributed by atoms with van der Waals surface area (Å²) < 4.78 is 2.21. The van der Waals surface area contributed by atoms with Crippen molar-refractivity contribution < 1.29 is 9.90 Å². The Bertz CT molecular complexity index is 888. The molecule has 2 aromatic carbocycles. The molecule has 1 heterocycles. The van der Waals surface area contributed by atoms with Crippen LogP contribution in [0, 0.1) is 0 Å². The van der Waals surface area contributed by atoms with E-state index in [1.165, 1.54) is 5.56 Å². The maximum absolute atomic E-state index is 11.1. The molecular weight excluding hydrogens is 286 g/mol. The third-order valence-corrected chi connectivity index (χ3v) is 4.28. The van der Waals surface area contributed by atoms with E-state index >= 15 is 0 Å². The van der Waals surface area contributed by atoms with Crippen molar-refractivity contribution in [1.82, 2.24) is 4.57 Å². The van der Waals surface area contributed by atoms with Gasteiger partial charge in [0, 0.05) is 29.2 Å². The fourth-order valence-electron chi connectivity index (χ4n) is 2.73. The fourth-order valence-corrected chi connectivity index (χ4v) is 2.73. The number of rotatable bonds is 4. The summed E-state index contributed by atoms with van der Waals surface area (Å²) in [5.74, 6) is -0.871. The van der Waals surface area contributed by atoms with Crippen LogP contribution in [0.4, 0.5) is 0 Å². The Morgan fingerprint density at radius 2 is 1.78 bits per heavy atom. The lowest BCUT2D eigenvalue weighted by atomic mass is 10.0. The van der Waals surface area contributed by atoms with Gasteiger partial charge in [0.05, 0.1) is 0 Å². The molecule has 3 heteroatoms. The molecule has 0 bridgehead atoms. The molecule has 0 saturated carbocycles. The van der Waals surface area contributed by atoms with E-state index in [0.717, 1.165) is 28.6 Å². The Balaban J connectivity index is 1.98. The minimum Gasteiger partial charge on any atom is -0.478 e. The smallest absolute Gasteiger partial charge is 0.331 e. The van der Waals surface area contributed by atoms with Crippen LogP contribution in [0.15, 0.2) is 66.4 Å². The number of nitrogens with zero attached hydrogens (tertiary/aromatic N) is 1. The van der Waals surface area contributed by atoms with E-state index in [1.807, 2.05) is 31.2 Å². The van der Waals surface area contributed by atoms with Gasteiger partial charge >= 0.3 is 5.97 Å². The number of hydrogen-bond acceptors (Lipinski definition) is 1. The second-order valence-electron chi connectivity index (χ2n) is 5.76. The SMILES string of the molecule is CC(C(=O)O)=C(C)c1ccc2c(ccn2Cc2ccccc2)c1. The number of aliphatic carboxylic acids is 1.